The number of hydrogen-bond acceptors (Lipinski definition) is 3. The molecule has 0 aliphatic carbocycles. The molecule has 20 heavy (non-hydrogen) atoms. The highest BCUT2D eigenvalue weighted by atomic mass is 16.4. The largest absolute Gasteiger partial charge is 0.480 e. The topological polar surface area (TPSA) is 86.6 Å². The van der Waals surface area contributed by atoms with E-state index in [1.807, 2.05) is 32.0 Å². The first-order valence-corrected chi connectivity index (χ1v) is 6.28. The van der Waals surface area contributed by atoms with Gasteiger partial charge in [0.15, 0.2) is 6.04 Å². The average Bonchev–Trinajstić information content (AvgIpc) is 2.34. The zero-order valence-corrected chi connectivity index (χ0v) is 11.8. The summed E-state index contributed by atoms with van der Waals surface area (Å²) in [6.45, 7) is 5.22. The Morgan fingerprint density at radius 2 is 1.95 bits per heavy atom. The van der Waals surface area contributed by atoms with Crippen molar-refractivity contribution in [3.05, 3.63) is 41.0 Å². The van der Waals surface area contributed by atoms with Crippen LogP contribution in [0.25, 0.3) is 6.08 Å². The smallest absolute Gasteiger partial charge is 0.328 e. The molecular formula is C15H19NO4. The van der Waals surface area contributed by atoms with Crippen LogP contribution in [-0.4, -0.2) is 34.2 Å². The van der Waals surface area contributed by atoms with Gasteiger partial charge in [0, 0.05) is 6.08 Å². The highest BCUT2D eigenvalue weighted by Crippen LogP contribution is 2.12. The fraction of sp³-hybridized carbons (Fsp3) is 0.333. The number of amides is 1. The molecule has 0 saturated heterocycles. The Morgan fingerprint density at radius 3 is 2.45 bits per heavy atom. The number of carboxylic acid groups (broad SMARTS) is 1. The van der Waals surface area contributed by atoms with Crippen LogP contribution < -0.4 is 5.32 Å². The summed E-state index contributed by atoms with van der Waals surface area (Å²) in [5, 5.41) is 20.4. The van der Waals surface area contributed by atoms with E-state index in [0.717, 1.165) is 16.7 Å². The quantitative estimate of drug-likeness (QED) is 0.707. The maximum absolute atomic E-state index is 11.6. The maximum atomic E-state index is 11.6. The van der Waals surface area contributed by atoms with Crippen LogP contribution in [0, 0.1) is 13.8 Å². The van der Waals surface area contributed by atoms with Gasteiger partial charge in [0.1, 0.15) is 0 Å². The Hall–Kier alpha value is -2.14. The van der Waals surface area contributed by atoms with Crippen molar-refractivity contribution < 1.29 is 19.8 Å². The number of carbonyl (C=O) groups excluding carboxylic acids is 1. The van der Waals surface area contributed by atoms with Crippen LogP contribution in [-0.2, 0) is 9.59 Å². The van der Waals surface area contributed by atoms with Crippen molar-refractivity contribution in [1.29, 1.82) is 0 Å². The number of aryl methyl sites for hydroxylation is 2. The zero-order chi connectivity index (χ0) is 15.3. The van der Waals surface area contributed by atoms with Crippen molar-refractivity contribution in [1.82, 2.24) is 5.32 Å². The highest BCUT2D eigenvalue weighted by Gasteiger charge is 2.23. The minimum Gasteiger partial charge on any atom is -0.480 e. The van der Waals surface area contributed by atoms with Gasteiger partial charge in [-0.25, -0.2) is 4.79 Å². The van der Waals surface area contributed by atoms with E-state index < -0.39 is 24.0 Å². The van der Waals surface area contributed by atoms with Gasteiger partial charge in [-0.3, -0.25) is 4.79 Å². The van der Waals surface area contributed by atoms with Crippen molar-refractivity contribution in [2.45, 2.75) is 32.9 Å². The lowest BCUT2D eigenvalue weighted by molar-refractivity contribution is -0.144. The lowest BCUT2D eigenvalue weighted by Gasteiger charge is -2.15. The number of benzene rings is 1. The molecule has 1 aromatic rings. The van der Waals surface area contributed by atoms with E-state index in [4.69, 9.17) is 5.11 Å². The molecule has 0 aromatic heterocycles. The fourth-order valence-electron chi connectivity index (χ4n) is 1.77. The summed E-state index contributed by atoms with van der Waals surface area (Å²) in [5.41, 5.74) is 3.04. The molecule has 3 N–H and O–H groups in total. The third kappa shape index (κ3) is 4.51. The van der Waals surface area contributed by atoms with Crippen LogP contribution in [0.3, 0.4) is 0 Å². The van der Waals surface area contributed by atoms with Crippen molar-refractivity contribution in [2.24, 2.45) is 0 Å². The third-order valence-corrected chi connectivity index (χ3v) is 2.89. The number of rotatable bonds is 5. The number of carboxylic acids is 1. The van der Waals surface area contributed by atoms with Crippen molar-refractivity contribution in [3.8, 4) is 0 Å². The van der Waals surface area contributed by atoms with Gasteiger partial charge in [-0.05, 0) is 38.0 Å². The SMILES string of the molecule is Cc1ccc(/C=C/C(=O)NC(C(=O)O)C(C)O)c(C)c1. The number of hydrogen-bond donors (Lipinski definition) is 3. The Bertz CT molecular complexity index is 535. The Labute approximate surface area is 117 Å². The number of nitrogens with one attached hydrogen (secondary N) is 1. The Kier molecular flexibility index (Phi) is 5.46. The van der Waals surface area contributed by atoms with E-state index in [1.165, 1.54) is 13.0 Å². The molecule has 108 valence electrons. The van der Waals surface area contributed by atoms with E-state index in [9.17, 15) is 14.7 Å². The van der Waals surface area contributed by atoms with Crippen LogP contribution >= 0.6 is 0 Å². The minimum atomic E-state index is -1.31. The molecule has 0 aliphatic heterocycles. The summed E-state index contributed by atoms with van der Waals surface area (Å²) < 4.78 is 0. The van der Waals surface area contributed by atoms with Crippen molar-refractivity contribution in [2.75, 3.05) is 0 Å². The summed E-state index contributed by atoms with van der Waals surface area (Å²) in [4.78, 5) is 22.5. The van der Waals surface area contributed by atoms with E-state index in [2.05, 4.69) is 5.32 Å². The Morgan fingerprint density at radius 1 is 1.30 bits per heavy atom. The first-order chi connectivity index (χ1) is 9.31. The molecule has 0 heterocycles. The molecule has 5 heteroatoms. The van der Waals surface area contributed by atoms with Gasteiger partial charge in [-0.2, -0.15) is 0 Å². The summed E-state index contributed by atoms with van der Waals surface area (Å²) in [5.74, 6) is -1.83. The van der Waals surface area contributed by atoms with Crippen LogP contribution in [0.5, 0.6) is 0 Å². The molecule has 5 nitrogen and oxygen atoms in total. The van der Waals surface area contributed by atoms with E-state index >= 15 is 0 Å². The number of aliphatic hydroxyl groups is 1. The minimum absolute atomic E-state index is 0.557. The van der Waals surface area contributed by atoms with Gasteiger partial charge in [-0.1, -0.05) is 23.8 Å². The predicted octanol–water partition coefficient (Wildman–Crippen LogP) is 1.27. The van der Waals surface area contributed by atoms with Gasteiger partial charge >= 0.3 is 5.97 Å². The Balaban J connectivity index is 2.75. The molecule has 1 rings (SSSR count). The highest BCUT2D eigenvalue weighted by molar-refractivity contribution is 5.94. The van der Waals surface area contributed by atoms with E-state index in [1.54, 1.807) is 6.08 Å². The second-order valence-electron chi connectivity index (χ2n) is 4.76. The van der Waals surface area contributed by atoms with Crippen LogP contribution in [0.2, 0.25) is 0 Å². The molecule has 0 radical (unpaired) electrons. The van der Waals surface area contributed by atoms with Gasteiger partial charge in [0.05, 0.1) is 6.10 Å². The maximum Gasteiger partial charge on any atom is 0.328 e. The molecular weight excluding hydrogens is 258 g/mol. The molecule has 0 fully saturated rings. The first kappa shape index (κ1) is 15.9. The summed E-state index contributed by atoms with van der Waals surface area (Å²) in [7, 11) is 0. The molecule has 2 atom stereocenters. The predicted molar refractivity (Wildman–Crippen MR) is 76.2 cm³/mol. The monoisotopic (exact) mass is 277 g/mol. The molecule has 0 bridgehead atoms. The molecule has 2 unspecified atom stereocenters. The van der Waals surface area contributed by atoms with Crippen LogP contribution in [0.1, 0.15) is 23.6 Å². The second kappa shape index (κ2) is 6.86. The number of carbonyl (C=O) groups is 2. The summed E-state index contributed by atoms with van der Waals surface area (Å²) in [6, 6.07) is 4.50. The molecule has 1 aromatic carbocycles. The lowest BCUT2D eigenvalue weighted by Crippen LogP contribution is -2.47. The zero-order valence-electron chi connectivity index (χ0n) is 11.8. The number of aliphatic carboxylic acids is 1. The second-order valence-corrected chi connectivity index (χ2v) is 4.76. The van der Waals surface area contributed by atoms with Crippen LogP contribution in [0.4, 0.5) is 0 Å². The third-order valence-electron chi connectivity index (χ3n) is 2.89. The lowest BCUT2D eigenvalue weighted by atomic mass is 10.1. The molecule has 1 amide bonds. The fourth-order valence-corrected chi connectivity index (χ4v) is 1.77. The molecule has 0 aliphatic rings. The molecule has 0 spiro atoms. The molecule has 0 saturated carbocycles. The normalized spacial score (nSPS) is 14.0. The van der Waals surface area contributed by atoms with E-state index in [0.29, 0.717) is 0 Å². The van der Waals surface area contributed by atoms with Gasteiger partial charge in [0.25, 0.3) is 0 Å². The van der Waals surface area contributed by atoms with Crippen molar-refractivity contribution >= 4 is 18.0 Å². The van der Waals surface area contributed by atoms with Gasteiger partial charge < -0.3 is 15.5 Å². The van der Waals surface area contributed by atoms with Crippen molar-refractivity contribution in [3.63, 3.8) is 0 Å². The standard InChI is InChI=1S/C15H19NO4/c1-9-4-5-12(10(2)8-9)6-7-13(18)16-14(11(3)17)15(19)20/h4-8,11,14,17H,1-3H3,(H,16,18)(H,19,20)/b7-6+. The van der Waals surface area contributed by atoms with E-state index in [-0.39, 0.29) is 0 Å². The summed E-state index contributed by atoms with van der Waals surface area (Å²) >= 11 is 0. The average molecular weight is 277 g/mol. The first-order valence-electron chi connectivity index (χ1n) is 6.28. The van der Waals surface area contributed by atoms with Gasteiger partial charge in [-0.15, -0.1) is 0 Å². The van der Waals surface area contributed by atoms with Crippen LogP contribution in [0.15, 0.2) is 24.3 Å². The van der Waals surface area contributed by atoms with Gasteiger partial charge in [0.2, 0.25) is 5.91 Å². The summed E-state index contributed by atoms with van der Waals surface area (Å²) in [6.07, 6.45) is 1.71. The number of aliphatic hydroxyl groups excluding tert-OH is 1.